The van der Waals surface area contributed by atoms with Gasteiger partial charge in [-0.05, 0) is 17.7 Å². The molecule has 2 rings (SSSR count). The minimum atomic E-state index is -0.847. The number of benzene rings is 1. The van der Waals surface area contributed by atoms with Crippen LogP contribution in [-0.2, 0) is 30.4 Å². The molecule has 1 N–H and O–H groups in total. The molecular weight excluding hydrogens is 304 g/mol. The van der Waals surface area contributed by atoms with Crippen molar-refractivity contribution in [2.45, 2.75) is 44.9 Å². The largest absolute Gasteiger partial charge is 0.467 e. The Bertz CT molecular complexity index is 540. The summed E-state index contributed by atoms with van der Waals surface area (Å²) < 4.78 is 21.1. The molecule has 1 fully saturated rings. The summed E-state index contributed by atoms with van der Waals surface area (Å²) in [4.78, 5) is 22.9. The predicted octanol–water partition coefficient (Wildman–Crippen LogP) is 1.17. The Kier molecular flexibility index (Phi) is 5.95. The fraction of sp³-hybridized carbons (Fsp3) is 0.500. The highest BCUT2D eigenvalue weighted by atomic mass is 16.7. The normalized spacial score (nSPS) is 23.9. The van der Waals surface area contributed by atoms with Crippen LogP contribution in [0.1, 0.15) is 25.3 Å². The molecule has 23 heavy (non-hydrogen) atoms. The summed E-state index contributed by atoms with van der Waals surface area (Å²) in [6, 6.07) is 6.83. The predicted molar refractivity (Wildman–Crippen MR) is 78.5 cm³/mol. The van der Waals surface area contributed by atoms with E-state index in [-0.39, 0.29) is 13.0 Å². The molecule has 0 radical (unpaired) electrons. The van der Waals surface area contributed by atoms with E-state index in [9.17, 15) is 9.59 Å². The lowest BCUT2D eigenvalue weighted by atomic mass is 10.0. The zero-order chi connectivity index (χ0) is 16.8. The SMILES string of the molecule is COC(=O)C1C[C@H](OC(C)=O)C[C@H](Oc2ccc(CO)cc2)O1. The Morgan fingerprint density at radius 1 is 1.26 bits per heavy atom. The molecule has 1 heterocycles. The third-order valence-electron chi connectivity index (χ3n) is 3.42. The molecule has 1 aliphatic heterocycles. The number of esters is 2. The molecule has 0 aromatic heterocycles. The molecule has 126 valence electrons. The summed E-state index contributed by atoms with van der Waals surface area (Å²) in [5, 5.41) is 9.03. The Morgan fingerprint density at radius 3 is 2.52 bits per heavy atom. The van der Waals surface area contributed by atoms with E-state index in [0.29, 0.717) is 12.2 Å². The Morgan fingerprint density at radius 2 is 1.96 bits per heavy atom. The van der Waals surface area contributed by atoms with Crippen molar-refractivity contribution in [1.82, 2.24) is 0 Å². The second-order valence-corrected chi connectivity index (χ2v) is 5.20. The zero-order valence-electron chi connectivity index (χ0n) is 13.1. The van der Waals surface area contributed by atoms with Crippen LogP contribution in [0.5, 0.6) is 5.75 Å². The van der Waals surface area contributed by atoms with Crippen LogP contribution in [0.25, 0.3) is 0 Å². The third kappa shape index (κ3) is 4.94. The lowest BCUT2D eigenvalue weighted by molar-refractivity contribution is -0.204. The van der Waals surface area contributed by atoms with Crippen LogP contribution in [-0.4, -0.2) is 42.7 Å². The maximum atomic E-state index is 11.7. The first-order valence-corrected chi connectivity index (χ1v) is 7.28. The second-order valence-electron chi connectivity index (χ2n) is 5.20. The van der Waals surface area contributed by atoms with Gasteiger partial charge in [0.1, 0.15) is 11.9 Å². The van der Waals surface area contributed by atoms with Crippen molar-refractivity contribution in [2.24, 2.45) is 0 Å². The summed E-state index contributed by atoms with van der Waals surface area (Å²) in [7, 11) is 1.27. The summed E-state index contributed by atoms with van der Waals surface area (Å²) in [5.74, 6) is -0.433. The molecule has 1 saturated heterocycles. The van der Waals surface area contributed by atoms with Gasteiger partial charge in [-0.1, -0.05) is 12.1 Å². The van der Waals surface area contributed by atoms with Crippen LogP contribution < -0.4 is 4.74 Å². The fourth-order valence-corrected chi connectivity index (χ4v) is 2.36. The molecule has 1 aromatic rings. The number of hydrogen-bond donors (Lipinski definition) is 1. The van der Waals surface area contributed by atoms with E-state index in [1.165, 1.54) is 14.0 Å². The molecule has 7 nitrogen and oxygen atoms in total. The molecule has 1 aromatic carbocycles. The number of carbonyl (C=O) groups excluding carboxylic acids is 2. The van der Waals surface area contributed by atoms with E-state index in [2.05, 4.69) is 4.74 Å². The first kappa shape index (κ1) is 17.2. The average Bonchev–Trinajstić information content (AvgIpc) is 2.54. The molecule has 1 aliphatic rings. The maximum Gasteiger partial charge on any atom is 0.335 e. The van der Waals surface area contributed by atoms with Crippen molar-refractivity contribution in [1.29, 1.82) is 0 Å². The van der Waals surface area contributed by atoms with Crippen molar-refractivity contribution in [3.05, 3.63) is 29.8 Å². The van der Waals surface area contributed by atoms with Crippen molar-refractivity contribution in [3.8, 4) is 5.75 Å². The first-order chi connectivity index (χ1) is 11.0. The third-order valence-corrected chi connectivity index (χ3v) is 3.42. The Hall–Kier alpha value is -2.12. The highest BCUT2D eigenvalue weighted by Gasteiger charge is 2.37. The molecule has 7 heteroatoms. The summed E-state index contributed by atoms with van der Waals surface area (Å²) in [6.07, 6.45) is -1.52. The zero-order valence-corrected chi connectivity index (χ0v) is 13.1. The maximum absolute atomic E-state index is 11.7. The van der Waals surface area contributed by atoms with E-state index in [4.69, 9.17) is 19.3 Å². The molecule has 0 aliphatic carbocycles. The number of aliphatic hydroxyl groups excluding tert-OH is 1. The molecule has 1 unspecified atom stereocenters. The number of carbonyl (C=O) groups is 2. The highest BCUT2D eigenvalue weighted by Crippen LogP contribution is 2.26. The van der Waals surface area contributed by atoms with Crippen LogP contribution in [0.15, 0.2) is 24.3 Å². The van der Waals surface area contributed by atoms with E-state index >= 15 is 0 Å². The first-order valence-electron chi connectivity index (χ1n) is 7.28. The smallest absolute Gasteiger partial charge is 0.335 e. The Balaban J connectivity index is 2.05. The summed E-state index contributed by atoms with van der Waals surface area (Å²) in [5.41, 5.74) is 0.757. The van der Waals surface area contributed by atoms with Crippen molar-refractivity contribution in [2.75, 3.05) is 7.11 Å². The number of ether oxygens (including phenoxy) is 4. The van der Waals surface area contributed by atoms with E-state index in [1.54, 1.807) is 24.3 Å². The minimum Gasteiger partial charge on any atom is -0.467 e. The topological polar surface area (TPSA) is 91.3 Å². The van der Waals surface area contributed by atoms with E-state index < -0.39 is 30.4 Å². The lowest BCUT2D eigenvalue weighted by Crippen LogP contribution is -2.44. The summed E-state index contributed by atoms with van der Waals surface area (Å²) >= 11 is 0. The van der Waals surface area contributed by atoms with Crippen LogP contribution in [0, 0.1) is 0 Å². The Labute approximate surface area is 134 Å². The van der Waals surface area contributed by atoms with Gasteiger partial charge in [-0.2, -0.15) is 0 Å². The fourth-order valence-electron chi connectivity index (χ4n) is 2.36. The molecule has 0 bridgehead atoms. The van der Waals surface area contributed by atoms with Gasteiger partial charge in [-0.3, -0.25) is 4.79 Å². The van der Waals surface area contributed by atoms with Gasteiger partial charge in [0.2, 0.25) is 6.29 Å². The van der Waals surface area contributed by atoms with Gasteiger partial charge in [-0.15, -0.1) is 0 Å². The van der Waals surface area contributed by atoms with Gasteiger partial charge in [0.05, 0.1) is 13.7 Å². The molecular formula is C16H20O7. The molecule has 0 spiro atoms. The molecule has 0 amide bonds. The van der Waals surface area contributed by atoms with Gasteiger partial charge < -0.3 is 24.1 Å². The van der Waals surface area contributed by atoms with Crippen LogP contribution in [0.4, 0.5) is 0 Å². The molecule has 3 atom stereocenters. The number of methoxy groups -OCH3 is 1. The van der Waals surface area contributed by atoms with Gasteiger partial charge in [0, 0.05) is 19.8 Å². The van der Waals surface area contributed by atoms with Crippen LogP contribution >= 0.6 is 0 Å². The lowest BCUT2D eigenvalue weighted by Gasteiger charge is -2.33. The van der Waals surface area contributed by atoms with Crippen LogP contribution in [0.2, 0.25) is 0 Å². The minimum absolute atomic E-state index is 0.0564. The van der Waals surface area contributed by atoms with Crippen molar-refractivity contribution >= 4 is 11.9 Å². The van der Waals surface area contributed by atoms with Crippen molar-refractivity contribution < 1.29 is 33.6 Å². The average molecular weight is 324 g/mol. The van der Waals surface area contributed by atoms with Gasteiger partial charge in [0.15, 0.2) is 6.10 Å². The van der Waals surface area contributed by atoms with Gasteiger partial charge in [0.25, 0.3) is 0 Å². The standard InChI is InChI=1S/C16H20O7/c1-10(18)21-13-7-14(16(19)20-2)23-15(8-13)22-12-5-3-11(9-17)4-6-12/h3-6,13-15,17H,7-9H2,1-2H3/t13-,14?,15+/m0/s1. The second kappa shape index (κ2) is 7.94. The number of aliphatic hydroxyl groups is 1. The quantitative estimate of drug-likeness (QED) is 0.813. The van der Waals surface area contributed by atoms with Gasteiger partial charge >= 0.3 is 11.9 Å². The van der Waals surface area contributed by atoms with E-state index in [0.717, 1.165) is 5.56 Å². The number of rotatable bonds is 5. The van der Waals surface area contributed by atoms with Crippen molar-refractivity contribution in [3.63, 3.8) is 0 Å². The van der Waals surface area contributed by atoms with Crippen LogP contribution in [0.3, 0.4) is 0 Å². The van der Waals surface area contributed by atoms with Gasteiger partial charge in [-0.25, -0.2) is 4.79 Å². The number of hydrogen-bond acceptors (Lipinski definition) is 7. The summed E-state index contributed by atoms with van der Waals surface area (Å²) in [6.45, 7) is 1.26. The highest BCUT2D eigenvalue weighted by molar-refractivity contribution is 5.74. The monoisotopic (exact) mass is 324 g/mol. The molecule has 0 saturated carbocycles. The van der Waals surface area contributed by atoms with E-state index in [1.807, 2.05) is 0 Å².